The molecule has 1 N–H and O–H groups in total. The van der Waals surface area contributed by atoms with Crippen molar-refractivity contribution in [3.05, 3.63) is 54.1 Å². The van der Waals surface area contributed by atoms with Crippen LogP contribution in [0.1, 0.15) is 45.1 Å². The third-order valence-electron chi connectivity index (χ3n) is 5.42. The summed E-state index contributed by atoms with van der Waals surface area (Å²) in [4.78, 5) is 17.0. The van der Waals surface area contributed by atoms with Gasteiger partial charge in [-0.1, -0.05) is 37.1 Å². The van der Waals surface area contributed by atoms with E-state index in [-0.39, 0.29) is 17.9 Å². The van der Waals surface area contributed by atoms with E-state index in [2.05, 4.69) is 28.4 Å². The fourth-order valence-corrected chi connectivity index (χ4v) is 3.85. The number of hydrogen-bond acceptors (Lipinski definition) is 4. The van der Waals surface area contributed by atoms with E-state index in [9.17, 15) is 4.79 Å². The van der Waals surface area contributed by atoms with Crippen LogP contribution in [-0.2, 0) is 4.79 Å². The Hall–Kier alpha value is -3.15. The van der Waals surface area contributed by atoms with Gasteiger partial charge in [-0.3, -0.25) is 4.79 Å². The molecule has 156 valence electrons. The summed E-state index contributed by atoms with van der Waals surface area (Å²) in [6.07, 6.45) is 4.25. The smallest absolute Gasteiger partial charge is 0.336 e. The molecule has 1 fully saturated rings. The zero-order valence-corrected chi connectivity index (χ0v) is 17.8. The molecule has 30 heavy (non-hydrogen) atoms. The molecule has 6 nitrogen and oxygen atoms in total. The molecule has 1 aliphatic carbocycles. The molecule has 3 aromatic rings. The lowest BCUT2D eigenvalue weighted by atomic mass is 10.1. The molecule has 2 aromatic carbocycles. The van der Waals surface area contributed by atoms with Crippen molar-refractivity contribution in [1.29, 1.82) is 0 Å². The highest BCUT2D eigenvalue weighted by molar-refractivity contribution is 5.92. The highest BCUT2D eigenvalue weighted by atomic mass is 16.5. The Kier molecular flexibility index (Phi) is 5.84. The van der Waals surface area contributed by atoms with Gasteiger partial charge < -0.3 is 10.1 Å². The summed E-state index contributed by atoms with van der Waals surface area (Å²) in [5.74, 6) is 0.990. The average molecular weight is 405 g/mol. The molecule has 0 aliphatic heterocycles. The molecule has 0 unspecified atom stereocenters. The maximum atomic E-state index is 12.4. The molecular formula is C24H28N4O2. The van der Waals surface area contributed by atoms with Crippen LogP contribution in [0.5, 0.6) is 6.01 Å². The zero-order valence-electron chi connectivity index (χ0n) is 17.8. The minimum absolute atomic E-state index is 0.0151. The van der Waals surface area contributed by atoms with E-state index in [4.69, 9.17) is 4.74 Å². The highest BCUT2D eigenvalue weighted by Crippen LogP contribution is 2.28. The molecule has 1 amide bonds. The Morgan fingerprint density at radius 2 is 1.80 bits per heavy atom. The van der Waals surface area contributed by atoms with E-state index in [0.717, 1.165) is 54.0 Å². The van der Waals surface area contributed by atoms with E-state index in [1.807, 2.05) is 56.3 Å². The van der Waals surface area contributed by atoms with Crippen LogP contribution in [0.2, 0.25) is 0 Å². The molecule has 1 aliphatic rings. The summed E-state index contributed by atoms with van der Waals surface area (Å²) in [6, 6.07) is 16.1. The first-order valence-electron chi connectivity index (χ1n) is 10.6. The maximum absolute atomic E-state index is 12.4. The number of ether oxygens (including phenoxy) is 1. The second-order valence-corrected chi connectivity index (χ2v) is 8.13. The van der Waals surface area contributed by atoms with E-state index in [0.29, 0.717) is 6.01 Å². The van der Waals surface area contributed by atoms with Crippen molar-refractivity contribution in [3.8, 4) is 23.1 Å². The van der Waals surface area contributed by atoms with Gasteiger partial charge in [-0.05, 0) is 63.4 Å². The van der Waals surface area contributed by atoms with E-state index >= 15 is 0 Å². The van der Waals surface area contributed by atoms with Crippen LogP contribution in [0.25, 0.3) is 17.1 Å². The zero-order chi connectivity index (χ0) is 21.1. The highest BCUT2D eigenvalue weighted by Gasteiger charge is 2.22. The first-order valence-corrected chi connectivity index (χ1v) is 10.6. The van der Waals surface area contributed by atoms with Crippen molar-refractivity contribution in [2.24, 2.45) is 5.92 Å². The predicted octanol–water partition coefficient (Wildman–Crippen LogP) is 5.16. The van der Waals surface area contributed by atoms with Crippen LogP contribution in [0.15, 0.2) is 48.5 Å². The molecule has 0 atom stereocenters. The number of aromatic nitrogens is 3. The quantitative estimate of drug-likeness (QED) is 0.616. The van der Waals surface area contributed by atoms with Gasteiger partial charge in [0.05, 0.1) is 11.8 Å². The van der Waals surface area contributed by atoms with Crippen molar-refractivity contribution >= 4 is 11.6 Å². The molecule has 0 spiro atoms. The molecule has 0 saturated heterocycles. The topological polar surface area (TPSA) is 69.0 Å². The monoisotopic (exact) mass is 404 g/mol. The fraction of sp³-hybridized carbons (Fsp3) is 0.375. The molecule has 6 heteroatoms. The van der Waals surface area contributed by atoms with Gasteiger partial charge in [-0.2, -0.15) is 4.98 Å². The van der Waals surface area contributed by atoms with Crippen molar-refractivity contribution in [2.75, 3.05) is 5.32 Å². The van der Waals surface area contributed by atoms with Crippen molar-refractivity contribution in [1.82, 2.24) is 14.8 Å². The Balaban J connectivity index is 1.63. The van der Waals surface area contributed by atoms with E-state index < -0.39 is 0 Å². The largest absolute Gasteiger partial charge is 0.460 e. The minimum Gasteiger partial charge on any atom is -0.460 e. The first kappa shape index (κ1) is 20.1. The van der Waals surface area contributed by atoms with Crippen LogP contribution in [0.3, 0.4) is 0 Å². The molecule has 1 saturated carbocycles. The maximum Gasteiger partial charge on any atom is 0.336 e. The normalized spacial score (nSPS) is 14.3. The summed E-state index contributed by atoms with van der Waals surface area (Å²) in [5, 5.41) is 7.63. The third-order valence-corrected chi connectivity index (χ3v) is 5.42. The summed E-state index contributed by atoms with van der Waals surface area (Å²) in [5.41, 5.74) is 3.77. The summed E-state index contributed by atoms with van der Waals surface area (Å²) in [6.45, 7) is 5.96. The van der Waals surface area contributed by atoms with Gasteiger partial charge in [-0.25, -0.2) is 4.68 Å². The summed E-state index contributed by atoms with van der Waals surface area (Å²) in [7, 11) is 0. The predicted molar refractivity (Wildman–Crippen MR) is 118 cm³/mol. The standard InChI is InChI=1S/C24H28N4O2/c1-16(2)30-24-26-22(21-11-7-4-8-17(21)3)28(27-24)20-14-12-19(13-15-20)25-23(29)18-9-5-6-10-18/h4,7-8,11-16,18H,5-6,9-10H2,1-3H3,(H,25,29). The Morgan fingerprint density at radius 3 is 2.47 bits per heavy atom. The van der Waals surface area contributed by atoms with Crippen LogP contribution in [0.4, 0.5) is 5.69 Å². The Morgan fingerprint density at radius 1 is 1.10 bits per heavy atom. The summed E-state index contributed by atoms with van der Waals surface area (Å²) < 4.78 is 7.55. The number of carbonyl (C=O) groups is 1. The number of benzene rings is 2. The molecule has 0 bridgehead atoms. The average Bonchev–Trinajstić information content (AvgIpc) is 3.39. The molecule has 1 heterocycles. The van der Waals surface area contributed by atoms with E-state index in [1.165, 1.54) is 0 Å². The molecular weight excluding hydrogens is 376 g/mol. The fourth-order valence-electron chi connectivity index (χ4n) is 3.85. The van der Waals surface area contributed by atoms with Crippen molar-refractivity contribution in [3.63, 3.8) is 0 Å². The second kappa shape index (κ2) is 8.69. The lowest BCUT2D eigenvalue weighted by Crippen LogP contribution is -2.20. The lowest BCUT2D eigenvalue weighted by Gasteiger charge is -2.12. The van der Waals surface area contributed by atoms with Crippen LogP contribution in [0, 0.1) is 12.8 Å². The van der Waals surface area contributed by atoms with Crippen molar-refractivity contribution in [2.45, 2.75) is 52.6 Å². The van der Waals surface area contributed by atoms with Gasteiger partial charge in [0.2, 0.25) is 5.91 Å². The summed E-state index contributed by atoms with van der Waals surface area (Å²) >= 11 is 0. The van der Waals surface area contributed by atoms with Gasteiger partial charge in [0.25, 0.3) is 0 Å². The number of carbonyl (C=O) groups excluding carboxylic acids is 1. The van der Waals surface area contributed by atoms with Crippen molar-refractivity contribution < 1.29 is 9.53 Å². The van der Waals surface area contributed by atoms with Crippen LogP contribution >= 0.6 is 0 Å². The van der Waals surface area contributed by atoms with Crippen LogP contribution in [-0.4, -0.2) is 26.8 Å². The number of rotatable bonds is 6. The number of anilines is 1. The first-order chi connectivity index (χ1) is 14.5. The minimum atomic E-state index is -0.0151. The molecule has 0 radical (unpaired) electrons. The number of nitrogens with one attached hydrogen (secondary N) is 1. The van der Waals surface area contributed by atoms with Crippen LogP contribution < -0.4 is 10.1 Å². The molecule has 1 aromatic heterocycles. The van der Waals surface area contributed by atoms with Gasteiger partial charge in [-0.15, -0.1) is 5.10 Å². The van der Waals surface area contributed by atoms with Gasteiger partial charge in [0, 0.05) is 17.2 Å². The number of aryl methyl sites for hydroxylation is 1. The lowest BCUT2D eigenvalue weighted by molar-refractivity contribution is -0.119. The van der Waals surface area contributed by atoms with Gasteiger partial charge in [0.15, 0.2) is 5.82 Å². The Labute approximate surface area is 177 Å². The SMILES string of the molecule is Cc1ccccc1-c1nc(OC(C)C)nn1-c1ccc(NC(=O)C2CCCC2)cc1. The number of amides is 1. The van der Waals surface area contributed by atoms with Gasteiger partial charge in [0.1, 0.15) is 0 Å². The second-order valence-electron chi connectivity index (χ2n) is 8.13. The van der Waals surface area contributed by atoms with Gasteiger partial charge >= 0.3 is 6.01 Å². The van der Waals surface area contributed by atoms with E-state index in [1.54, 1.807) is 4.68 Å². The molecule has 4 rings (SSSR count). The Bertz CT molecular complexity index is 1020. The number of hydrogen-bond donors (Lipinski definition) is 1. The number of nitrogens with zero attached hydrogens (tertiary/aromatic N) is 3. The third kappa shape index (κ3) is 4.37.